The Balaban J connectivity index is 2.40. The predicted octanol–water partition coefficient (Wildman–Crippen LogP) is 2.09. The summed E-state index contributed by atoms with van der Waals surface area (Å²) in [6.45, 7) is 2.40. The standard InChI is InChI=1S/C10H12BrNO/c1-8(11)10(13)12-7-9-5-3-2-4-6-9/h2-6,8H,7H2,1H3,(H,12,13). The molecule has 1 aromatic carbocycles. The molecule has 1 N–H and O–H groups in total. The number of hydrogen-bond acceptors (Lipinski definition) is 1. The highest BCUT2D eigenvalue weighted by atomic mass is 79.9. The van der Waals surface area contributed by atoms with E-state index in [0.29, 0.717) is 6.54 Å². The van der Waals surface area contributed by atoms with Gasteiger partial charge in [0.05, 0.1) is 4.83 Å². The van der Waals surface area contributed by atoms with Crippen LogP contribution in [0.5, 0.6) is 0 Å². The highest BCUT2D eigenvalue weighted by Crippen LogP contribution is 2.00. The normalized spacial score (nSPS) is 12.2. The zero-order chi connectivity index (χ0) is 9.68. The maximum Gasteiger partial charge on any atom is 0.233 e. The van der Waals surface area contributed by atoms with Crippen LogP contribution in [0, 0.1) is 0 Å². The third kappa shape index (κ3) is 3.59. The Morgan fingerprint density at radius 1 is 1.46 bits per heavy atom. The number of rotatable bonds is 3. The molecule has 0 spiro atoms. The number of benzene rings is 1. The molecule has 1 atom stereocenters. The van der Waals surface area contributed by atoms with Gasteiger partial charge in [0.2, 0.25) is 5.91 Å². The maximum atomic E-state index is 11.2. The molecule has 0 aromatic heterocycles. The molecule has 13 heavy (non-hydrogen) atoms. The summed E-state index contributed by atoms with van der Waals surface area (Å²) in [5.41, 5.74) is 1.11. The van der Waals surface area contributed by atoms with Gasteiger partial charge in [0.15, 0.2) is 0 Å². The van der Waals surface area contributed by atoms with Crippen LogP contribution in [0.25, 0.3) is 0 Å². The number of halogens is 1. The monoisotopic (exact) mass is 241 g/mol. The van der Waals surface area contributed by atoms with Gasteiger partial charge in [-0.3, -0.25) is 4.79 Å². The number of carbonyl (C=O) groups is 1. The van der Waals surface area contributed by atoms with Crippen molar-refractivity contribution in [3.05, 3.63) is 35.9 Å². The molecule has 0 radical (unpaired) electrons. The average molecular weight is 242 g/mol. The molecule has 0 aliphatic carbocycles. The van der Waals surface area contributed by atoms with Crippen molar-refractivity contribution in [1.29, 1.82) is 0 Å². The molecule has 0 aliphatic rings. The van der Waals surface area contributed by atoms with Gasteiger partial charge in [0.25, 0.3) is 0 Å². The largest absolute Gasteiger partial charge is 0.351 e. The summed E-state index contributed by atoms with van der Waals surface area (Å²) in [6, 6.07) is 9.84. The van der Waals surface area contributed by atoms with E-state index < -0.39 is 0 Å². The Hall–Kier alpha value is -0.830. The molecule has 0 saturated carbocycles. The van der Waals surface area contributed by atoms with E-state index in [1.807, 2.05) is 30.3 Å². The molecule has 0 bridgehead atoms. The molecule has 1 amide bonds. The summed E-state index contributed by atoms with van der Waals surface area (Å²) in [7, 11) is 0. The third-order valence-electron chi connectivity index (χ3n) is 1.67. The topological polar surface area (TPSA) is 29.1 Å². The van der Waals surface area contributed by atoms with Crippen LogP contribution < -0.4 is 5.32 Å². The summed E-state index contributed by atoms with van der Waals surface area (Å²) in [6.07, 6.45) is 0. The second-order valence-corrected chi connectivity index (χ2v) is 4.19. The van der Waals surface area contributed by atoms with Gasteiger partial charge in [0, 0.05) is 6.54 Å². The van der Waals surface area contributed by atoms with E-state index in [-0.39, 0.29) is 10.7 Å². The fourth-order valence-electron chi connectivity index (χ4n) is 0.926. The Morgan fingerprint density at radius 2 is 2.08 bits per heavy atom. The van der Waals surface area contributed by atoms with Crippen molar-refractivity contribution >= 4 is 21.8 Å². The van der Waals surface area contributed by atoms with Crippen molar-refractivity contribution in [3.63, 3.8) is 0 Å². The van der Waals surface area contributed by atoms with E-state index in [9.17, 15) is 4.79 Å². The lowest BCUT2D eigenvalue weighted by atomic mass is 10.2. The number of nitrogens with one attached hydrogen (secondary N) is 1. The molecule has 1 rings (SSSR count). The second-order valence-electron chi connectivity index (χ2n) is 2.82. The smallest absolute Gasteiger partial charge is 0.233 e. The van der Waals surface area contributed by atoms with Gasteiger partial charge in [-0.1, -0.05) is 46.3 Å². The Kier molecular flexibility index (Phi) is 3.96. The van der Waals surface area contributed by atoms with Crippen molar-refractivity contribution in [2.45, 2.75) is 18.3 Å². The lowest BCUT2D eigenvalue weighted by molar-refractivity contribution is -0.120. The average Bonchev–Trinajstić information content (AvgIpc) is 2.15. The van der Waals surface area contributed by atoms with Gasteiger partial charge >= 0.3 is 0 Å². The lowest BCUT2D eigenvalue weighted by Crippen LogP contribution is -2.28. The van der Waals surface area contributed by atoms with Gasteiger partial charge in [-0.2, -0.15) is 0 Å². The summed E-state index contributed by atoms with van der Waals surface area (Å²) in [5, 5.41) is 2.81. The Bertz CT molecular complexity index is 272. The molecular weight excluding hydrogens is 230 g/mol. The molecule has 1 unspecified atom stereocenters. The quantitative estimate of drug-likeness (QED) is 0.808. The minimum absolute atomic E-state index is 0.0175. The zero-order valence-corrected chi connectivity index (χ0v) is 9.04. The van der Waals surface area contributed by atoms with E-state index in [0.717, 1.165) is 5.56 Å². The van der Waals surface area contributed by atoms with Gasteiger partial charge in [0.1, 0.15) is 0 Å². The SMILES string of the molecule is CC(Br)C(=O)NCc1ccccc1. The van der Waals surface area contributed by atoms with Crippen LogP contribution in [0.15, 0.2) is 30.3 Å². The minimum Gasteiger partial charge on any atom is -0.351 e. The maximum absolute atomic E-state index is 11.2. The van der Waals surface area contributed by atoms with Crippen LogP contribution >= 0.6 is 15.9 Å². The molecule has 70 valence electrons. The minimum atomic E-state index is -0.129. The van der Waals surface area contributed by atoms with Crippen LogP contribution in [0.3, 0.4) is 0 Å². The molecule has 0 saturated heterocycles. The number of carbonyl (C=O) groups excluding carboxylic acids is 1. The summed E-state index contributed by atoms with van der Waals surface area (Å²) in [5.74, 6) is 0.0175. The lowest BCUT2D eigenvalue weighted by Gasteiger charge is -2.05. The van der Waals surface area contributed by atoms with Crippen LogP contribution in [-0.4, -0.2) is 10.7 Å². The van der Waals surface area contributed by atoms with Crippen molar-refractivity contribution < 1.29 is 4.79 Å². The van der Waals surface area contributed by atoms with Crippen molar-refractivity contribution in [1.82, 2.24) is 5.32 Å². The molecule has 0 aliphatic heterocycles. The van der Waals surface area contributed by atoms with Gasteiger partial charge in [-0.05, 0) is 12.5 Å². The zero-order valence-electron chi connectivity index (χ0n) is 7.46. The third-order valence-corrected chi connectivity index (χ3v) is 2.09. The molecular formula is C10H12BrNO. The first-order valence-corrected chi connectivity index (χ1v) is 5.07. The van der Waals surface area contributed by atoms with E-state index in [2.05, 4.69) is 21.2 Å². The highest BCUT2D eigenvalue weighted by molar-refractivity contribution is 9.10. The highest BCUT2D eigenvalue weighted by Gasteiger charge is 2.06. The van der Waals surface area contributed by atoms with Crippen LogP contribution in [0.1, 0.15) is 12.5 Å². The van der Waals surface area contributed by atoms with E-state index in [1.54, 1.807) is 6.92 Å². The first-order valence-electron chi connectivity index (χ1n) is 4.16. The summed E-state index contributed by atoms with van der Waals surface area (Å²) >= 11 is 3.20. The Labute approximate surface area is 86.5 Å². The van der Waals surface area contributed by atoms with Gasteiger partial charge in [-0.25, -0.2) is 0 Å². The fraction of sp³-hybridized carbons (Fsp3) is 0.300. The van der Waals surface area contributed by atoms with Crippen molar-refractivity contribution in [2.24, 2.45) is 0 Å². The summed E-state index contributed by atoms with van der Waals surface area (Å²) in [4.78, 5) is 11.0. The second kappa shape index (κ2) is 5.02. The molecule has 0 heterocycles. The fourth-order valence-corrected chi connectivity index (χ4v) is 1.09. The molecule has 0 fully saturated rings. The van der Waals surface area contributed by atoms with E-state index >= 15 is 0 Å². The number of amides is 1. The van der Waals surface area contributed by atoms with Crippen molar-refractivity contribution in [2.75, 3.05) is 0 Å². The van der Waals surface area contributed by atoms with Gasteiger partial charge < -0.3 is 5.32 Å². The number of hydrogen-bond donors (Lipinski definition) is 1. The van der Waals surface area contributed by atoms with Crippen LogP contribution in [-0.2, 0) is 11.3 Å². The predicted molar refractivity (Wildman–Crippen MR) is 56.7 cm³/mol. The van der Waals surface area contributed by atoms with Crippen LogP contribution in [0.4, 0.5) is 0 Å². The first kappa shape index (κ1) is 10.3. The molecule has 1 aromatic rings. The van der Waals surface area contributed by atoms with Crippen molar-refractivity contribution in [3.8, 4) is 0 Å². The molecule has 2 nitrogen and oxygen atoms in total. The molecule has 3 heteroatoms. The van der Waals surface area contributed by atoms with Crippen LogP contribution in [0.2, 0.25) is 0 Å². The van der Waals surface area contributed by atoms with Gasteiger partial charge in [-0.15, -0.1) is 0 Å². The summed E-state index contributed by atoms with van der Waals surface area (Å²) < 4.78 is 0. The Morgan fingerprint density at radius 3 is 2.62 bits per heavy atom. The van der Waals surface area contributed by atoms with E-state index in [1.165, 1.54) is 0 Å². The van der Waals surface area contributed by atoms with E-state index in [4.69, 9.17) is 0 Å². The first-order chi connectivity index (χ1) is 6.20. The number of alkyl halides is 1.